The van der Waals surface area contributed by atoms with Gasteiger partial charge < -0.3 is 9.64 Å². The van der Waals surface area contributed by atoms with Crippen molar-refractivity contribution in [2.75, 3.05) is 31.2 Å². The third-order valence-electron chi connectivity index (χ3n) is 7.30. The highest BCUT2D eigenvalue weighted by molar-refractivity contribution is 6.90. The second-order valence-electron chi connectivity index (χ2n) is 10.0. The molecule has 1 aliphatic heterocycles. The van der Waals surface area contributed by atoms with Gasteiger partial charge in [-0.2, -0.15) is 0 Å². The number of morpholine rings is 1. The Morgan fingerprint density at radius 3 is 2.00 bits per heavy atom. The fraction of sp³-hybridized carbons (Fsp3) is 0.464. The molecule has 4 nitrogen and oxygen atoms in total. The van der Waals surface area contributed by atoms with E-state index in [2.05, 4.69) is 105 Å². The number of fused-ring (bicyclic) bond motifs is 1. The minimum Gasteiger partial charge on any atom is -0.378 e. The van der Waals surface area contributed by atoms with E-state index in [4.69, 9.17) is 9.72 Å². The maximum atomic E-state index is 5.51. The van der Waals surface area contributed by atoms with Crippen LogP contribution in [0.5, 0.6) is 0 Å². The Kier molecular flexibility index (Phi) is 6.97. The van der Waals surface area contributed by atoms with Crippen LogP contribution in [0.1, 0.15) is 47.4 Å². The largest absolute Gasteiger partial charge is 0.378 e. The van der Waals surface area contributed by atoms with E-state index in [1.807, 2.05) is 6.07 Å². The molecule has 0 atom stereocenters. The zero-order chi connectivity index (χ0) is 23.6. The van der Waals surface area contributed by atoms with Crippen molar-refractivity contribution in [3.05, 3.63) is 54.4 Å². The van der Waals surface area contributed by atoms with Gasteiger partial charge in [-0.3, -0.25) is 4.57 Å². The topological polar surface area (TPSA) is 30.3 Å². The van der Waals surface area contributed by atoms with Gasteiger partial charge in [0.05, 0.1) is 24.2 Å². The number of nitrogens with zero attached hydrogens (tertiary/aromatic N) is 3. The molecule has 1 aromatic heterocycles. The Morgan fingerprint density at radius 2 is 1.39 bits per heavy atom. The number of hydrogen-bond acceptors (Lipinski definition) is 3. The van der Waals surface area contributed by atoms with Crippen LogP contribution < -0.4 is 4.90 Å². The number of benzene rings is 2. The molecular formula is C28H37N3OSi. The minimum absolute atomic E-state index is 0.593. The Hall–Kier alpha value is -2.55. The predicted octanol–water partition coefficient (Wildman–Crippen LogP) is 6.43. The highest BCUT2D eigenvalue weighted by Gasteiger charge is 2.41. The average Bonchev–Trinajstić information content (AvgIpc) is 3.18. The number of ether oxygens (including phenoxy) is 1. The smallest absolute Gasteiger partial charge is 0.190 e. The SMILES string of the molecule is CC(C)[Si](C#Cc1nc2ccccc2n1-c1ccc(N2CCOCC2)cc1)(C(C)C)C(C)C. The molecule has 4 rings (SSSR count). The highest BCUT2D eigenvalue weighted by atomic mass is 28.3. The van der Waals surface area contributed by atoms with Gasteiger partial charge in [0.1, 0.15) is 8.07 Å². The maximum Gasteiger partial charge on any atom is 0.190 e. The van der Waals surface area contributed by atoms with Gasteiger partial charge >= 0.3 is 0 Å². The second kappa shape index (κ2) is 9.75. The lowest BCUT2D eigenvalue weighted by Gasteiger charge is -2.38. The number of imidazole rings is 1. The fourth-order valence-corrected chi connectivity index (χ4v) is 10.8. The van der Waals surface area contributed by atoms with Gasteiger partial charge in [-0.25, -0.2) is 4.98 Å². The molecule has 174 valence electrons. The molecule has 0 spiro atoms. The zero-order valence-electron chi connectivity index (χ0n) is 20.9. The van der Waals surface area contributed by atoms with Crippen molar-refractivity contribution in [3.8, 4) is 17.2 Å². The van der Waals surface area contributed by atoms with Gasteiger partial charge in [0.15, 0.2) is 5.82 Å². The van der Waals surface area contributed by atoms with E-state index in [1.165, 1.54) is 5.69 Å². The van der Waals surface area contributed by atoms with Crippen molar-refractivity contribution in [3.63, 3.8) is 0 Å². The number of aromatic nitrogens is 2. The summed E-state index contributed by atoms with van der Waals surface area (Å²) >= 11 is 0. The van der Waals surface area contributed by atoms with E-state index in [0.717, 1.165) is 48.8 Å². The van der Waals surface area contributed by atoms with Crippen molar-refractivity contribution >= 4 is 24.8 Å². The molecule has 1 fully saturated rings. The van der Waals surface area contributed by atoms with E-state index in [1.54, 1.807) is 0 Å². The fourth-order valence-electron chi connectivity index (χ4n) is 5.60. The third-order valence-corrected chi connectivity index (χ3v) is 13.6. The van der Waals surface area contributed by atoms with E-state index in [0.29, 0.717) is 16.6 Å². The highest BCUT2D eigenvalue weighted by Crippen LogP contribution is 2.40. The van der Waals surface area contributed by atoms with Crippen molar-refractivity contribution in [1.82, 2.24) is 9.55 Å². The molecular weight excluding hydrogens is 422 g/mol. The number of para-hydroxylation sites is 2. The van der Waals surface area contributed by atoms with E-state index < -0.39 is 8.07 Å². The summed E-state index contributed by atoms with van der Waals surface area (Å²) in [6.07, 6.45) is 0. The molecule has 0 unspecified atom stereocenters. The Bertz CT molecular complexity index is 1120. The lowest BCUT2D eigenvalue weighted by molar-refractivity contribution is 0.122. The van der Waals surface area contributed by atoms with Gasteiger partial charge in [-0.05, 0) is 58.9 Å². The molecule has 2 heterocycles. The van der Waals surface area contributed by atoms with E-state index >= 15 is 0 Å². The van der Waals surface area contributed by atoms with Crippen LogP contribution in [0.25, 0.3) is 16.7 Å². The first-order valence-corrected chi connectivity index (χ1v) is 14.5. The monoisotopic (exact) mass is 459 g/mol. The van der Waals surface area contributed by atoms with Crippen LogP contribution in [0.4, 0.5) is 5.69 Å². The van der Waals surface area contributed by atoms with Crippen LogP contribution in [0, 0.1) is 11.5 Å². The van der Waals surface area contributed by atoms with Gasteiger partial charge in [-0.15, -0.1) is 5.54 Å². The summed E-state index contributed by atoms with van der Waals surface area (Å²) in [7, 11) is -1.85. The molecule has 0 radical (unpaired) electrons. The average molecular weight is 460 g/mol. The quantitative estimate of drug-likeness (QED) is 0.325. The molecule has 1 aliphatic rings. The predicted molar refractivity (Wildman–Crippen MR) is 142 cm³/mol. The maximum absolute atomic E-state index is 5.51. The van der Waals surface area contributed by atoms with Crippen LogP contribution in [-0.4, -0.2) is 43.9 Å². The van der Waals surface area contributed by atoms with Crippen molar-refractivity contribution in [2.45, 2.75) is 58.2 Å². The number of rotatable bonds is 5. The molecule has 2 aromatic carbocycles. The van der Waals surface area contributed by atoms with Gasteiger partial charge in [0.25, 0.3) is 0 Å². The summed E-state index contributed by atoms with van der Waals surface area (Å²) in [5.74, 6) is 4.44. The van der Waals surface area contributed by atoms with Crippen LogP contribution in [0.3, 0.4) is 0 Å². The summed E-state index contributed by atoms with van der Waals surface area (Å²) < 4.78 is 7.73. The Morgan fingerprint density at radius 1 is 0.818 bits per heavy atom. The molecule has 33 heavy (non-hydrogen) atoms. The van der Waals surface area contributed by atoms with Gasteiger partial charge in [-0.1, -0.05) is 53.7 Å². The van der Waals surface area contributed by atoms with Gasteiger partial charge in [0.2, 0.25) is 0 Å². The first-order chi connectivity index (χ1) is 15.8. The standard InChI is InChI=1S/C28H37N3OSi/c1-21(2)33(22(3)4,23(5)6)20-15-28-29-26-9-7-8-10-27(26)31(28)25-13-11-24(12-14-25)30-16-18-32-19-17-30/h7-14,21-23H,16-19H2,1-6H3. The van der Waals surface area contributed by atoms with Crippen molar-refractivity contribution in [2.24, 2.45) is 0 Å². The van der Waals surface area contributed by atoms with Gasteiger partial charge in [0, 0.05) is 24.5 Å². The molecule has 3 aromatic rings. The molecule has 0 bridgehead atoms. The number of hydrogen-bond donors (Lipinski definition) is 0. The molecule has 0 aliphatic carbocycles. The van der Waals surface area contributed by atoms with Crippen molar-refractivity contribution in [1.29, 1.82) is 0 Å². The molecule has 0 saturated carbocycles. The summed E-state index contributed by atoms with van der Waals surface area (Å²) in [6, 6.07) is 17.2. The molecule has 0 N–H and O–H groups in total. The van der Waals surface area contributed by atoms with E-state index in [9.17, 15) is 0 Å². The summed E-state index contributed by atoms with van der Waals surface area (Å²) in [4.78, 5) is 7.35. The minimum atomic E-state index is -1.85. The zero-order valence-corrected chi connectivity index (χ0v) is 21.9. The van der Waals surface area contributed by atoms with Crippen molar-refractivity contribution < 1.29 is 4.74 Å². The molecule has 1 saturated heterocycles. The lowest BCUT2D eigenvalue weighted by Crippen LogP contribution is -2.43. The first kappa shape index (κ1) is 23.6. The Labute approximate surface area is 200 Å². The van der Waals surface area contributed by atoms with Crippen LogP contribution in [0.2, 0.25) is 16.6 Å². The summed E-state index contributed by atoms with van der Waals surface area (Å²) in [5, 5.41) is 0. The lowest BCUT2D eigenvalue weighted by atomic mass is 10.2. The number of anilines is 1. The Balaban J connectivity index is 1.80. The summed E-state index contributed by atoms with van der Waals surface area (Å²) in [5.41, 5.74) is 10.1. The second-order valence-corrected chi connectivity index (χ2v) is 15.6. The van der Waals surface area contributed by atoms with Crippen LogP contribution >= 0.6 is 0 Å². The summed E-state index contributed by atoms with van der Waals surface area (Å²) in [6.45, 7) is 17.6. The first-order valence-electron chi connectivity index (χ1n) is 12.3. The normalized spacial score (nSPS) is 14.9. The van der Waals surface area contributed by atoms with E-state index in [-0.39, 0.29) is 0 Å². The molecule has 5 heteroatoms. The van der Waals surface area contributed by atoms with Crippen LogP contribution in [0.15, 0.2) is 48.5 Å². The molecule has 0 amide bonds. The third kappa shape index (κ3) is 4.47. The van der Waals surface area contributed by atoms with Crippen LogP contribution in [-0.2, 0) is 4.74 Å².